The Hall–Kier alpha value is -1.39. The average Bonchev–Trinajstić information content (AvgIpc) is 2.77. The van der Waals surface area contributed by atoms with E-state index in [1.54, 1.807) is 0 Å². The lowest BCUT2D eigenvalue weighted by atomic mass is 10.1. The Balaban J connectivity index is 1.75. The van der Waals surface area contributed by atoms with E-state index in [0.717, 1.165) is 58.5 Å². The van der Waals surface area contributed by atoms with Crippen LogP contribution in [0.5, 0.6) is 0 Å². The topological polar surface area (TPSA) is 49.6 Å². The van der Waals surface area contributed by atoms with Crippen molar-refractivity contribution in [1.82, 2.24) is 9.80 Å². The Morgan fingerprint density at radius 2 is 1.90 bits per heavy atom. The van der Waals surface area contributed by atoms with E-state index in [0.29, 0.717) is 12.3 Å². The van der Waals surface area contributed by atoms with Gasteiger partial charge in [-0.3, -0.25) is 4.79 Å². The second-order valence-corrected chi connectivity index (χ2v) is 5.70. The maximum atomic E-state index is 12.3. The molecular weight excluding hydrogens is 262 g/mol. The molecule has 1 aromatic carbocycles. The van der Waals surface area contributed by atoms with Crippen LogP contribution in [-0.2, 0) is 11.2 Å². The fraction of sp³-hybridized carbons (Fsp3) is 0.588. The van der Waals surface area contributed by atoms with Gasteiger partial charge in [0.1, 0.15) is 0 Å². The van der Waals surface area contributed by atoms with Crippen molar-refractivity contribution in [2.24, 2.45) is 5.73 Å². The van der Waals surface area contributed by atoms with Crippen LogP contribution in [0.2, 0.25) is 0 Å². The van der Waals surface area contributed by atoms with Gasteiger partial charge in [0.2, 0.25) is 5.91 Å². The highest BCUT2D eigenvalue weighted by atomic mass is 16.2. The first-order valence-electron chi connectivity index (χ1n) is 8.03. The highest BCUT2D eigenvalue weighted by Gasteiger charge is 2.18. The molecule has 116 valence electrons. The summed E-state index contributed by atoms with van der Waals surface area (Å²) in [4.78, 5) is 16.8. The smallest absolute Gasteiger partial charge is 0.222 e. The number of carbonyl (C=O) groups excluding carboxylic acids is 1. The lowest BCUT2D eigenvalue weighted by molar-refractivity contribution is -0.131. The van der Waals surface area contributed by atoms with Crippen LogP contribution in [0.3, 0.4) is 0 Å². The summed E-state index contributed by atoms with van der Waals surface area (Å²) in [5, 5.41) is 0. The van der Waals surface area contributed by atoms with Gasteiger partial charge in [0, 0.05) is 26.1 Å². The van der Waals surface area contributed by atoms with E-state index in [1.165, 1.54) is 5.56 Å². The van der Waals surface area contributed by atoms with Crippen molar-refractivity contribution >= 4 is 5.91 Å². The Labute approximate surface area is 127 Å². The zero-order valence-corrected chi connectivity index (χ0v) is 12.8. The molecule has 1 fully saturated rings. The van der Waals surface area contributed by atoms with E-state index in [1.807, 2.05) is 23.1 Å². The van der Waals surface area contributed by atoms with Crippen LogP contribution in [0.15, 0.2) is 30.3 Å². The molecule has 0 saturated carbocycles. The second kappa shape index (κ2) is 8.80. The van der Waals surface area contributed by atoms with E-state index >= 15 is 0 Å². The Morgan fingerprint density at radius 1 is 1.10 bits per heavy atom. The number of hydrogen-bond acceptors (Lipinski definition) is 3. The predicted molar refractivity (Wildman–Crippen MR) is 86.1 cm³/mol. The summed E-state index contributed by atoms with van der Waals surface area (Å²) in [7, 11) is 0. The standard InChI is InChI=1S/C17H27N3O/c18-10-4-11-19-12-5-13-20(15-14-19)17(21)9-8-16-6-2-1-3-7-16/h1-3,6-7H,4-5,8-15,18H2. The van der Waals surface area contributed by atoms with Crippen LogP contribution in [0.4, 0.5) is 0 Å². The van der Waals surface area contributed by atoms with E-state index in [9.17, 15) is 4.79 Å². The monoisotopic (exact) mass is 289 g/mol. The zero-order chi connectivity index (χ0) is 14.9. The van der Waals surface area contributed by atoms with Crippen molar-refractivity contribution in [2.45, 2.75) is 25.7 Å². The third kappa shape index (κ3) is 5.48. The molecule has 1 saturated heterocycles. The number of nitrogens with two attached hydrogens (primary N) is 1. The Bertz CT molecular complexity index is 421. The normalized spacial score (nSPS) is 16.7. The van der Waals surface area contributed by atoms with Crippen molar-refractivity contribution in [3.8, 4) is 0 Å². The molecule has 0 spiro atoms. The third-order valence-corrected chi connectivity index (χ3v) is 4.09. The SMILES string of the molecule is NCCCN1CCCN(C(=O)CCc2ccccc2)CC1. The molecule has 1 aromatic rings. The molecule has 2 rings (SSSR count). The van der Waals surface area contributed by atoms with Crippen LogP contribution in [0, 0.1) is 0 Å². The molecule has 1 aliphatic heterocycles. The highest BCUT2D eigenvalue weighted by Crippen LogP contribution is 2.08. The number of nitrogens with zero attached hydrogens (tertiary/aromatic N) is 2. The summed E-state index contributed by atoms with van der Waals surface area (Å²) in [6.45, 7) is 5.63. The summed E-state index contributed by atoms with van der Waals surface area (Å²) < 4.78 is 0. The minimum atomic E-state index is 0.291. The molecule has 4 heteroatoms. The number of aryl methyl sites for hydroxylation is 1. The Kier molecular flexibility index (Phi) is 6.70. The number of amides is 1. The van der Waals surface area contributed by atoms with Crippen LogP contribution in [0.25, 0.3) is 0 Å². The molecule has 0 atom stereocenters. The van der Waals surface area contributed by atoms with Crippen LogP contribution in [0.1, 0.15) is 24.8 Å². The van der Waals surface area contributed by atoms with Crippen molar-refractivity contribution in [3.63, 3.8) is 0 Å². The van der Waals surface area contributed by atoms with Gasteiger partial charge in [-0.05, 0) is 44.5 Å². The molecule has 1 heterocycles. The molecule has 0 aliphatic carbocycles. The van der Waals surface area contributed by atoms with Gasteiger partial charge in [-0.15, -0.1) is 0 Å². The third-order valence-electron chi connectivity index (χ3n) is 4.09. The zero-order valence-electron chi connectivity index (χ0n) is 12.8. The van der Waals surface area contributed by atoms with Gasteiger partial charge in [0.05, 0.1) is 0 Å². The summed E-state index contributed by atoms with van der Waals surface area (Å²) in [5.74, 6) is 0.291. The van der Waals surface area contributed by atoms with Crippen LogP contribution >= 0.6 is 0 Å². The first kappa shape index (κ1) is 16.0. The van der Waals surface area contributed by atoms with Gasteiger partial charge in [-0.25, -0.2) is 0 Å². The summed E-state index contributed by atoms with van der Waals surface area (Å²) >= 11 is 0. The molecule has 0 bridgehead atoms. The number of hydrogen-bond donors (Lipinski definition) is 1. The predicted octanol–water partition coefficient (Wildman–Crippen LogP) is 1.50. The molecule has 0 unspecified atom stereocenters. The van der Waals surface area contributed by atoms with E-state index in [-0.39, 0.29) is 0 Å². The summed E-state index contributed by atoms with van der Waals surface area (Å²) in [6.07, 6.45) is 3.57. The molecule has 0 aromatic heterocycles. The molecule has 1 amide bonds. The first-order valence-corrected chi connectivity index (χ1v) is 8.03. The molecule has 21 heavy (non-hydrogen) atoms. The van der Waals surface area contributed by atoms with Gasteiger partial charge in [0.15, 0.2) is 0 Å². The number of rotatable bonds is 6. The quantitative estimate of drug-likeness (QED) is 0.863. The van der Waals surface area contributed by atoms with Crippen molar-refractivity contribution in [2.75, 3.05) is 39.3 Å². The van der Waals surface area contributed by atoms with Gasteiger partial charge < -0.3 is 15.5 Å². The van der Waals surface area contributed by atoms with Crippen LogP contribution in [-0.4, -0.2) is 55.0 Å². The summed E-state index contributed by atoms with van der Waals surface area (Å²) in [5.41, 5.74) is 6.80. The minimum Gasteiger partial charge on any atom is -0.341 e. The van der Waals surface area contributed by atoms with Crippen molar-refractivity contribution in [1.29, 1.82) is 0 Å². The van der Waals surface area contributed by atoms with Gasteiger partial charge >= 0.3 is 0 Å². The Morgan fingerprint density at radius 3 is 2.67 bits per heavy atom. The van der Waals surface area contributed by atoms with Gasteiger partial charge in [0.25, 0.3) is 0 Å². The van der Waals surface area contributed by atoms with Crippen molar-refractivity contribution in [3.05, 3.63) is 35.9 Å². The van der Waals surface area contributed by atoms with Crippen LogP contribution < -0.4 is 5.73 Å². The van der Waals surface area contributed by atoms with E-state index in [2.05, 4.69) is 17.0 Å². The molecule has 1 aliphatic rings. The largest absolute Gasteiger partial charge is 0.341 e. The first-order chi connectivity index (χ1) is 10.3. The minimum absolute atomic E-state index is 0.291. The molecular formula is C17H27N3O. The maximum absolute atomic E-state index is 12.3. The lowest BCUT2D eigenvalue weighted by Gasteiger charge is -2.22. The fourth-order valence-electron chi connectivity index (χ4n) is 2.81. The molecule has 2 N–H and O–H groups in total. The van der Waals surface area contributed by atoms with Gasteiger partial charge in [-0.1, -0.05) is 30.3 Å². The maximum Gasteiger partial charge on any atom is 0.222 e. The van der Waals surface area contributed by atoms with Gasteiger partial charge in [-0.2, -0.15) is 0 Å². The van der Waals surface area contributed by atoms with Crippen molar-refractivity contribution < 1.29 is 4.79 Å². The highest BCUT2D eigenvalue weighted by molar-refractivity contribution is 5.76. The lowest BCUT2D eigenvalue weighted by Crippen LogP contribution is -2.35. The number of carbonyl (C=O) groups is 1. The van der Waals surface area contributed by atoms with E-state index in [4.69, 9.17) is 5.73 Å². The fourth-order valence-corrected chi connectivity index (χ4v) is 2.81. The second-order valence-electron chi connectivity index (χ2n) is 5.70. The summed E-state index contributed by atoms with van der Waals surface area (Å²) in [6, 6.07) is 10.2. The average molecular weight is 289 g/mol. The molecule has 4 nitrogen and oxygen atoms in total. The number of benzene rings is 1. The van der Waals surface area contributed by atoms with E-state index < -0.39 is 0 Å². The molecule has 0 radical (unpaired) electrons.